The highest BCUT2D eigenvalue weighted by atomic mass is 19.1. The summed E-state index contributed by atoms with van der Waals surface area (Å²) in [6.45, 7) is 5.46. The number of ether oxygens (including phenoxy) is 2. The van der Waals surface area contributed by atoms with Crippen LogP contribution in [0, 0.1) is 18.7 Å². The molecule has 11 heteroatoms. The number of carbonyl (C=O) groups excluding carboxylic acids is 2. The summed E-state index contributed by atoms with van der Waals surface area (Å²) in [4.78, 5) is 29.9. The predicted octanol–water partition coefficient (Wildman–Crippen LogP) is 2.38. The first kappa shape index (κ1) is 23.3. The third-order valence-corrected chi connectivity index (χ3v) is 5.48. The van der Waals surface area contributed by atoms with Crippen LogP contribution in [-0.2, 0) is 14.3 Å². The van der Waals surface area contributed by atoms with Crippen molar-refractivity contribution >= 4 is 17.7 Å². The fraction of sp³-hybridized carbons (Fsp3) is 0.348. The summed E-state index contributed by atoms with van der Waals surface area (Å²) >= 11 is 0. The van der Waals surface area contributed by atoms with Crippen LogP contribution in [-0.4, -0.2) is 52.5 Å². The van der Waals surface area contributed by atoms with Gasteiger partial charge >= 0.3 is 12.1 Å². The number of carbonyl (C=O) groups is 2. The highest BCUT2D eigenvalue weighted by Crippen LogP contribution is 2.29. The number of esters is 1. The molecule has 1 aliphatic rings. The second kappa shape index (κ2) is 9.56. The van der Waals surface area contributed by atoms with Crippen molar-refractivity contribution < 1.29 is 33.6 Å². The van der Waals surface area contributed by atoms with Crippen LogP contribution in [0.5, 0.6) is 0 Å². The lowest BCUT2D eigenvalue weighted by Gasteiger charge is -2.15. The lowest BCUT2D eigenvalue weighted by Crippen LogP contribution is -2.67. The Morgan fingerprint density at radius 3 is 2.71 bits per heavy atom. The maximum Gasteiger partial charge on any atom is 0.414 e. The SMILES string of the molecule is Cc1nnc(-c2ccc(-c3ccc(N4C[C@H](COC(=O)[C@@H]([NH3+])C(C)C)OC4=O)cc3F)cn2)o1. The summed E-state index contributed by atoms with van der Waals surface area (Å²) in [6.07, 6.45) is 0.224. The van der Waals surface area contributed by atoms with E-state index in [1.54, 1.807) is 31.2 Å². The lowest BCUT2D eigenvalue weighted by atomic mass is 10.1. The minimum atomic E-state index is -0.649. The molecule has 0 radical (unpaired) electrons. The Labute approximate surface area is 194 Å². The van der Waals surface area contributed by atoms with Crippen molar-refractivity contribution in [1.82, 2.24) is 15.2 Å². The molecule has 2 atom stereocenters. The number of anilines is 1. The van der Waals surface area contributed by atoms with Crippen molar-refractivity contribution in [3.8, 4) is 22.7 Å². The Hall–Kier alpha value is -3.86. The molecule has 1 aromatic carbocycles. The van der Waals surface area contributed by atoms with Crippen LogP contribution >= 0.6 is 0 Å². The number of hydrogen-bond acceptors (Lipinski definition) is 8. The van der Waals surface area contributed by atoms with E-state index in [2.05, 4.69) is 20.9 Å². The molecular weight excluding hydrogens is 445 g/mol. The Kier molecular flexibility index (Phi) is 6.55. The average Bonchev–Trinajstić information content (AvgIpc) is 3.42. The smallest absolute Gasteiger partial charge is 0.414 e. The topological polar surface area (TPSA) is 135 Å². The fourth-order valence-corrected chi connectivity index (χ4v) is 3.36. The largest absolute Gasteiger partial charge is 0.457 e. The molecule has 3 heterocycles. The van der Waals surface area contributed by atoms with Crippen LogP contribution in [0.2, 0.25) is 0 Å². The van der Waals surface area contributed by atoms with E-state index in [9.17, 15) is 14.0 Å². The second-order valence-corrected chi connectivity index (χ2v) is 8.32. The first-order chi connectivity index (χ1) is 16.2. The van der Waals surface area contributed by atoms with Gasteiger partial charge in [-0.3, -0.25) is 9.88 Å². The van der Waals surface area contributed by atoms with Gasteiger partial charge in [0, 0.05) is 30.2 Å². The summed E-state index contributed by atoms with van der Waals surface area (Å²) in [6, 6.07) is 7.29. The highest BCUT2D eigenvalue weighted by Gasteiger charge is 2.34. The molecule has 0 saturated carbocycles. The summed E-state index contributed by atoms with van der Waals surface area (Å²) in [5.41, 5.74) is 5.45. The van der Waals surface area contributed by atoms with Crippen molar-refractivity contribution in [3.05, 3.63) is 48.2 Å². The van der Waals surface area contributed by atoms with Crippen LogP contribution in [0.1, 0.15) is 19.7 Å². The van der Waals surface area contributed by atoms with Crippen LogP contribution in [0.3, 0.4) is 0 Å². The number of quaternary nitrogens is 1. The number of pyridine rings is 1. The molecule has 0 bridgehead atoms. The number of rotatable bonds is 7. The molecule has 1 aliphatic heterocycles. The van der Waals surface area contributed by atoms with E-state index in [1.807, 2.05) is 13.8 Å². The van der Waals surface area contributed by atoms with E-state index in [0.717, 1.165) is 0 Å². The molecule has 0 spiro atoms. The Bertz CT molecular complexity index is 1200. The average molecular weight is 470 g/mol. The van der Waals surface area contributed by atoms with Gasteiger partial charge < -0.3 is 19.6 Å². The minimum Gasteiger partial charge on any atom is -0.457 e. The molecule has 4 rings (SSSR count). The van der Waals surface area contributed by atoms with Crippen LogP contribution in [0.15, 0.2) is 40.9 Å². The quantitative estimate of drug-likeness (QED) is 0.520. The highest BCUT2D eigenvalue weighted by molar-refractivity contribution is 5.90. The third kappa shape index (κ3) is 4.88. The number of benzene rings is 1. The number of amides is 1. The van der Waals surface area contributed by atoms with Crippen molar-refractivity contribution in [2.75, 3.05) is 18.1 Å². The van der Waals surface area contributed by atoms with Crippen molar-refractivity contribution in [3.63, 3.8) is 0 Å². The van der Waals surface area contributed by atoms with Gasteiger partial charge in [-0.25, -0.2) is 14.0 Å². The molecule has 3 aromatic rings. The van der Waals surface area contributed by atoms with Crippen molar-refractivity contribution in [1.29, 1.82) is 0 Å². The predicted molar refractivity (Wildman–Crippen MR) is 118 cm³/mol. The van der Waals surface area contributed by atoms with E-state index in [-0.39, 0.29) is 25.0 Å². The first-order valence-corrected chi connectivity index (χ1v) is 10.8. The summed E-state index contributed by atoms with van der Waals surface area (Å²) in [7, 11) is 0. The maximum atomic E-state index is 14.9. The zero-order valence-electron chi connectivity index (χ0n) is 19.0. The minimum absolute atomic E-state index is 0.0334. The molecule has 0 aliphatic carbocycles. The van der Waals surface area contributed by atoms with Crippen LogP contribution in [0.25, 0.3) is 22.7 Å². The Balaban J connectivity index is 1.43. The van der Waals surface area contributed by atoms with Gasteiger partial charge in [0.25, 0.3) is 5.89 Å². The van der Waals surface area contributed by atoms with Crippen LogP contribution in [0.4, 0.5) is 14.9 Å². The summed E-state index contributed by atoms with van der Waals surface area (Å²) in [5, 5.41) is 7.68. The number of aryl methyl sites for hydroxylation is 1. The molecule has 10 nitrogen and oxygen atoms in total. The monoisotopic (exact) mass is 470 g/mol. The first-order valence-electron chi connectivity index (χ1n) is 10.8. The Morgan fingerprint density at radius 2 is 2.09 bits per heavy atom. The molecule has 0 unspecified atom stereocenters. The normalized spacial score (nSPS) is 16.6. The van der Waals surface area contributed by atoms with E-state index in [1.165, 1.54) is 17.2 Å². The number of nitrogens with zero attached hydrogens (tertiary/aromatic N) is 4. The molecule has 3 N–H and O–H groups in total. The van der Waals surface area contributed by atoms with Gasteiger partial charge in [-0.2, -0.15) is 0 Å². The lowest BCUT2D eigenvalue weighted by molar-refractivity contribution is -0.418. The van der Waals surface area contributed by atoms with Crippen molar-refractivity contribution in [2.24, 2.45) is 5.92 Å². The van der Waals surface area contributed by atoms with Gasteiger partial charge in [0.05, 0.1) is 12.2 Å². The van der Waals surface area contributed by atoms with E-state index in [4.69, 9.17) is 13.9 Å². The van der Waals surface area contributed by atoms with Crippen LogP contribution < -0.4 is 10.6 Å². The van der Waals surface area contributed by atoms with Gasteiger partial charge in [0.1, 0.15) is 18.1 Å². The molecule has 1 saturated heterocycles. The molecule has 1 fully saturated rings. The second-order valence-electron chi connectivity index (χ2n) is 8.32. The fourth-order valence-electron chi connectivity index (χ4n) is 3.36. The zero-order chi connectivity index (χ0) is 24.4. The molecule has 178 valence electrons. The molecule has 1 amide bonds. The molecule has 2 aromatic heterocycles. The van der Waals surface area contributed by atoms with E-state index >= 15 is 0 Å². The molecule has 34 heavy (non-hydrogen) atoms. The maximum absolute atomic E-state index is 14.9. The van der Waals surface area contributed by atoms with E-state index < -0.39 is 30.0 Å². The Morgan fingerprint density at radius 1 is 1.29 bits per heavy atom. The summed E-state index contributed by atoms with van der Waals surface area (Å²) in [5.74, 6) is -0.243. The van der Waals surface area contributed by atoms with Gasteiger partial charge in [0.2, 0.25) is 5.89 Å². The van der Waals surface area contributed by atoms with E-state index in [0.29, 0.717) is 28.4 Å². The van der Waals surface area contributed by atoms with Gasteiger partial charge in [0.15, 0.2) is 12.1 Å². The number of halogens is 1. The summed E-state index contributed by atoms with van der Waals surface area (Å²) < 4.78 is 30.8. The number of aromatic nitrogens is 3. The standard InChI is InChI=1S/C23H24FN5O5/c1-12(2)20(25)22(30)32-11-16-10-29(23(31)34-16)15-5-6-17(18(24)8-15)14-4-7-19(26-9-14)21-28-27-13(3)33-21/h4-9,12,16,20H,10-11,25H2,1-3H3/p+1/t16-,20+/m1/s1. The van der Waals surface area contributed by atoms with Crippen molar-refractivity contribution in [2.45, 2.75) is 32.9 Å². The zero-order valence-corrected chi connectivity index (χ0v) is 19.0. The number of cyclic esters (lactones) is 1. The van der Waals surface area contributed by atoms with Gasteiger partial charge in [-0.05, 0) is 24.3 Å². The van der Waals surface area contributed by atoms with Gasteiger partial charge in [-0.1, -0.05) is 19.9 Å². The van der Waals surface area contributed by atoms with Gasteiger partial charge in [-0.15, -0.1) is 10.2 Å². The molecular formula is C23H25FN5O5+. The number of hydrogen-bond donors (Lipinski definition) is 1. The third-order valence-electron chi connectivity index (χ3n) is 5.48.